The summed E-state index contributed by atoms with van der Waals surface area (Å²) in [6.45, 7) is 5.28. The monoisotopic (exact) mass is 425 g/mol. The SMILES string of the molecule is CCOC(=O)N1CCC(NC(=NCC(=O)N(C)C)NCCCC2CCCCO2)CC1. The highest BCUT2D eigenvalue weighted by Crippen LogP contribution is 2.16. The van der Waals surface area contributed by atoms with Gasteiger partial charge >= 0.3 is 6.09 Å². The fourth-order valence-corrected chi connectivity index (χ4v) is 3.63. The van der Waals surface area contributed by atoms with Crippen LogP contribution in [0, 0.1) is 0 Å². The minimum Gasteiger partial charge on any atom is -0.450 e. The summed E-state index contributed by atoms with van der Waals surface area (Å²) < 4.78 is 10.9. The number of ether oxygens (including phenoxy) is 2. The Morgan fingerprint density at radius 3 is 2.60 bits per heavy atom. The van der Waals surface area contributed by atoms with Gasteiger partial charge in [-0.1, -0.05) is 0 Å². The fourth-order valence-electron chi connectivity index (χ4n) is 3.63. The van der Waals surface area contributed by atoms with Crippen LogP contribution in [0.2, 0.25) is 0 Å². The van der Waals surface area contributed by atoms with Crippen LogP contribution in [0.25, 0.3) is 0 Å². The third kappa shape index (κ3) is 8.77. The Bertz CT molecular complexity index is 556. The van der Waals surface area contributed by atoms with Gasteiger partial charge in [0, 0.05) is 46.4 Å². The summed E-state index contributed by atoms with van der Waals surface area (Å²) in [6.07, 6.45) is 7.36. The Hall–Kier alpha value is -2.03. The number of carbonyl (C=O) groups excluding carboxylic acids is 2. The Kier molecular flexibility index (Phi) is 10.8. The third-order valence-electron chi connectivity index (χ3n) is 5.50. The number of hydrogen-bond acceptors (Lipinski definition) is 5. The molecule has 30 heavy (non-hydrogen) atoms. The zero-order valence-electron chi connectivity index (χ0n) is 18.8. The zero-order chi connectivity index (χ0) is 21.8. The highest BCUT2D eigenvalue weighted by molar-refractivity contribution is 5.85. The number of nitrogens with zero attached hydrogens (tertiary/aromatic N) is 3. The second-order valence-electron chi connectivity index (χ2n) is 8.12. The van der Waals surface area contributed by atoms with Gasteiger partial charge < -0.3 is 29.9 Å². The third-order valence-corrected chi connectivity index (χ3v) is 5.50. The molecule has 2 rings (SSSR count). The van der Waals surface area contributed by atoms with Crippen molar-refractivity contribution in [3.8, 4) is 0 Å². The Balaban J connectivity index is 1.79. The first kappa shape index (κ1) is 24.2. The van der Waals surface area contributed by atoms with E-state index in [1.807, 2.05) is 6.92 Å². The first-order chi connectivity index (χ1) is 14.5. The predicted molar refractivity (Wildman–Crippen MR) is 117 cm³/mol. The smallest absolute Gasteiger partial charge is 0.409 e. The normalized spacial score (nSPS) is 20.6. The van der Waals surface area contributed by atoms with Crippen LogP contribution in [0.1, 0.15) is 51.9 Å². The van der Waals surface area contributed by atoms with Crippen LogP contribution in [-0.2, 0) is 14.3 Å². The van der Waals surface area contributed by atoms with Crippen molar-refractivity contribution in [2.24, 2.45) is 4.99 Å². The van der Waals surface area contributed by atoms with Crippen molar-refractivity contribution in [3.63, 3.8) is 0 Å². The van der Waals surface area contributed by atoms with Crippen LogP contribution < -0.4 is 10.6 Å². The van der Waals surface area contributed by atoms with E-state index in [0.717, 1.165) is 45.3 Å². The Morgan fingerprint density at radius 1 is 1.20 bits per heavy atom. The summed E-state index contributed by atoms with van der Waals surface area (Å²) in [7, 11) is 3.46. The van der Waals surface area contributed by atoms with Crippen LogP contribution in [0.4, 0.5) is 4.79 Å². The van der Waals surface area contributed by atoms with E-state index >= 15 is 0 Å². The minimum absolute atomic E-state index is 0.0381. The quantitative estimate of drug-likeness (QED) is 0.348. The van der Waals surface area contributed by atoms with Gasteiger partial charge in [0.05, 0.1) is 12.7 Å². The second kappa shape index (κ2) is 13.3. The molecule has 2 fully saturated rings. The number of rotatable bonds is 8. The lowest BCUT2D eigenvalue weighted by Gasteiger charge is -2.32. The molecule has 2 saturated heterocycles. The van der Waals surface area contributed by atoms with Crippen molar-refractivity contribution in [3.05, 3.63) is 0 Å². The number of likely N-dealkylation sites (tertiary alicyclic amines) is 1. The molecular formula is C21H39N5O4. The van der Waals surface area contributed by atoms with E-state index in [1.54, 1.807) is 23.9 Å². The number of aliphatic imine (C=N–C) groups is 1. The summed E-state index contributed by atoms with van der Waals surface area (Å²) in [5.41, 5.74) is 0. The van der Waals surface area contributed by atoms with Crippen LogP contribution >= 0.6 is 0 Å². The Labute approximate surface area is 180 Å². The van der Waals surface area contributed by atoms with Crippen molar-refractivity contribution < 1.29 is 19.1 Å². The summed E-state index contributed by atoms with van der Waals surface area (Å²) in [5.74, 6) is 0.619. The molecular weight excluding hydrogens is 386 g/mol. The molecule has 2 aliphatic heterocycles. The number of amides is 2. The highest BCUT2D eigenvalue weighted by Gasteiger charge is 2.24. The molecule has 2 amide bonds. The second-order valence-corrected chi connectivity index (χ2v) is 8.12. The van der Waals surface area contributed by atoms with E-state index in [1.165, 1.54) is 12.8 Å². The van der Waals surface area contributed by atoms with Gasteiger partial charge in [-0.3, -0.25) is 4.79 Å². The minimum atomic E-state index is -0.246. The molecule has 0 aromatic rings. The maximum atomic E-state index is 11.9. The van der Waals surface area contributed by atoms with Gasteiger partial charge in [0.15, 0.2) is 5.96 Å². The van der Waals surface area contributed by atoms with E-state index in [4.69, 9.17) is 9.47 Å². The summed E-state index contributed by atoms with van der Waals surface area (Å²) >= 11 is 0. The van der Waals surface area contributed by atoms with Gasteiger partial charge in [-0.15, -0.1) is 0 Å². The van der Waals surface area contributed by atoms with E-state index < -0.39 is 0 Å². The molecule has 0 aliphatic carbocycles. The summed E-state index contributed by atoms with van der Waals surface area (Å²) in [5, 5.41) is 6.80. The standard InChI is InChI=1S/C21H39N5O4/c1-4-29-21(28)26-13-10-17(11-14-26)24-20(23-16-19(27)25(2)3)22-12-7-9-18-8-5-6-15-30-18/h17-18H,4-16H2,1-3H3,(H2,22,23,24). The number of likely N-dealkylation sites (N-methyl/N-ethyl adjacent to an activating group) is 1. The van der Waals surface area contributed by atoms with Crippen LogP contribution in [0.5, 0.6) is 0 Å². The van der Waals surface area contributed by atoms with Gasteiger partial charge in [-0.05, 0) is 51.9 Å². The van der Waals surface area contributed by atoms with E-state index in [-0.39, 0.29) is 24.6 Å². The molecule has 2 aliphatic rings. The molecule has 9 nitrogen and oxygen atoms in total. The molecule has 0 saturated carbocycles. The van der Waals surface area contributed by atoms with Gasteiger partial charge in [0.2, 0.25) is 5.91 Å². The molecule has 172 valence electrons. The molecule has 0 radical (unpaired) electrons. The number of carbonyl (C=O) groups is 2. The molecule has 9 heteroatoms. The summed E-state index contributed by atoms with van der Waals surface area (Å²) in [4.78, 5) is 31.6. The van der Waals surface area contributed by atoms with Crippen LogP contribution in [0.15, 0.2) is 4.99 Å². The number of guanidine groups is 1. The molecule has 0 bridgehead atoms. The van der Waals surface area contributed by atoms with Crippen LogP contribution in [0.3, 0.4) is 0 Å². The molecule has 2 N–H and O–H groups in total. The summed E-state index contributed by atoms with van der Waals surface area (Å²) in [6, 6.07) is 0.207. The average molecular weight is 426 g/mol. The topological polar surface area (TPSA) is 95.5 Å². The fraction of sp³-hybridized carbons (Fsp3) is 0.857. The van der Waals surface area contributed by atoms with Crippen molar-refractivity contribution in [2.45, 2.75) is 64.0 Å². The number of nitrogens with one attached hydrogen (secondary N) is 2. The molecule has 0 aromatic carbocycles. The average Bonchev–Trinajstić information content (AvgIpc) is 2.75. The largest absolute Gasteiger partial charge is 0.450 e. The maximum Gasteiger partial charge on any atom is 0.409 e. The Morgan fingerprint density at radius 2 is 1.97 bits per heavy atom. The van der Waals surface area contributed by atoms with Crippen molar-refractivity contribution in [2.75, 3.05) is 53.5 Å². The van der Waals surface area contributed by atoms with Crippen molar-refractivity contribution >= 4 is 18.0 Å². The van der Waals surface area contributed by atoms with Crippen molar-refractivity contribution in [1.29, 1.82) is 0 Å². The predicted octanol–water partition coefficient (Wildman–Crippen LogP) is 1.58. The van der Waals surface area contributed by atoms with E-state index in [2.05, 4.69) is 15.6 Å². The molecule has 2 heterocycles. The molecule has 0 spiro atoms. The lowest BCUT2D eigenvalue weighted by Crippen LogP contribution is -2.50. The van der Waals surface area contributed by atoms with Gasteiger partial charge in [-0.2, -0.15) is 0 Å². The molecule has 0 aromatic heterocycles. The number of hydrogen-bond donors (Lipinski definition) is 2. The highest BCUT2D eigenvalue weighted by atomic mass is 16.6. The van der Waals surface area contributed by atoms with E-state index in [0.29, 0.717) is 31.8 Å². The zero-order valence-corrected chi connectivity index (χ0v) is 18.8. The van der Waals surface area contributed by atoms with Crippen LogP contribution in [-0.4, -0.2) is 93.4 Å². The van der Waals surface area contributed by atoms with Crippen molar-refractivity contribution in [1.82, 2.24) is 20.4 Å². The first-order valence-corrected chi connectivity index (χ1v) is 11.3. The maximum absolute atomic E-state index is 11.9. The first-order valence-electron chi connectivity index (χ1n) is 11.3. The molecule has 1 atom stereocenters. The van der Waals surface area contributed by atoms with Gasteiger partial charge in [0.1, 0.15) is 6.54 Å². The number of piperidine rings is 1. The lowest BCUT2D eigenvalue weighted by molar-refractivity contribution is -0.127. The molecule has 1 unspecified atom stereocenters. The van der Waals surface area contributed by atoms with Gasteiger partial charge in [0.25, 0.3) is 0 Å². The van der Waals surface area contributed by atoms with E-state index in [9.17, 15) is 9.59 Å². The van der Waals surface area contributed by atoms with Gasteiger partial charge in [-0.25, -0.2) is 9.79 Å². The lowest BCUT2D eigenvalue weighted by atomic mass is 10.0.